The normalized spacial score (nSPS) is 26.5. The van der Waals surface area contributed by atoms with Gasteiger partial charge >= 0.3 is 0 Å². The lowest BCUT2D eigenvalue weighted by Crippen LogP contribution is -2.57. The van der Waals surface area contributed by atoms with Crippen LogP contribution < -0.4 is 0 Å². The molecule has 9 heteroatoms. The van der Waals surface area contributed by atoms with Gasteiger partial charge in [-0.1, -0.05) is 0 Å². The lowest BCUT2D eigenvalue weighted by atomic mass is 10.3. The molecule has 0 aliphatic carbocycles. The third-order valence-corrected chi connectivity index (χ3v) is 6.49. The summed E-state index contributed by atoms with van der Waals surface area (Å²) >= 11 is 0. The summed E-state index contributed by atoms with van der Waals surface area (Å²) in [5, 5.41) is 0. The molecule has 26 heavy (non-hydrogen) atoms. The number of piperazine rings is 1. The average molecular weight is 383 g/mol. The SMILES string of the molecule is CC1CN(S(=O)(=O)N2CCN(C(=O)C=Cc3ccco3)CC2)CC(C)O1. The Balaban J connectivity index is 1.56. The number of morpholine rings is 1. The lowest BCUT2D eigenvalue weighted by Gasteiger charge is -2.40. The van der Waals surface area contributed by atoms with E-state index in [9.17, 15) is 13.2 Å². The minimum absolute atomic E-state index is 0.122. The van der Waals surface area contributed by atoms with Gasteiger partial charge in [-0.15, -0.1) is 0 Å². The summed E-state index contributed by atoms with van der Waals surface area (Å²) in [7, 11) is -3.53. The summed E-state index contributed by atoms with van der Waals surface area (Å²) in [6.07, 6.45) is 4.36. The van der Waals surface area contributed by atoms with Crippen molar-refractivity contribution < 1.29 is 22.4 Å². The van der Waals surface area contributed by atoms with E-state index in [1.165, 1.54) is 14.7 Å². The number of furan rings is 1. The van der Waals surface area contributed by atoms with Crippen molar-refractivity contribution in [2.45, 2.75) is 26.1 Å². The van der Waals surface area contributed by atoms with Crippen molar-refractivity contribution >= 4 is 22.2 Å². The highest BCUT2D eigenvalue weighted by Crippen LogP contribution is 2.19. The molecule has 0 spiro atoms. The number of amides is 1. The van der Waals surface area contributed by atoms with Crippen LogP contribution in [0.4, 0.5) is 0 Å². The Morgan fingerprint density at radius 3 is 2.35 bits per heavy atom. The van der Waals surface area contributed by atoms with E-state index >= 15 is 0 Å². The monoisotopic (exact) mass is 383 g/mol. The van der Waals surface area contributed by atoms with Gasteiger partial charge in [0.05, 0.1) is 18.5 Å². The van der Waals surface area contributed by atoms with Gasteiger partial charge in [0.1, 0.15) is 5.76 Å². The third kappa shape index (κ3) is 4.35. The molecule has 2 aliphatic rings. The van der Waals surface area contributed by atoms with Gasteiger partial charge in [0, 0.05) is 45.3 Å². The van der Waals surface area contributed by atoms with Crippen LogP contribution in [0.25, 0.3) is 6.08 Å². The Morgan fingerprint density at radius 1 is 1.12 bits per heavy atom. The molecule has 144 valence electrons. The molecular formula is C17H25N3O5S. The summed E-state index contributed by atoms with van der Waals surface area (Å²) < 4.78 is 39.4. The fraction of sp³-hybridized carbons (Fsp3) is 0.588. The highest BCUT2D eigenvalue weighted by Gasteiger charge is 2.37. The Morgan fingerprint density at radius 2 is 1.77 bits per heavy atom. The molecule has 2 aliphatic heterocycles. The number of rotatable bonds is 4. The largest absolute Gasteiger partial charge is 0.465 e. The smallest absolute Gasteiger partial charge is 0.282 e. The Labute approximate surface area is 154 Å². The zero-order chi connectivity index (χ0) is 18.7. The molecule has 0 bridgehead atoms. The van der Waals surface area contributed by atoms with Crippen LogP contribution in [0.15, 0.2) is 28.9 Å². The van der Waals surface area contributed by atoms with E-state index in [1.807, 2.05) is 13.8 Å². The fourth-order valence-corrected chi connectivity index (χ4v) is 5.01. The van der Waals surface area contributed by atoms with Crippen molar-refractivity contribution in [1.29, 1.82) is 0 Å². The van der Waals surface area contributed by atoms with Crippen LogP contribution in [-0.2, 0) is 19.7 Å². The van der Waals surface area contributed by atoms with Gasteiger partial charge in [0.2, 0.25) is 5.91 Å². The molecule has 1 aromatic rings. The second-order valence-electron chi connectivity index (χ2n) is 6.66. The zero-order valence-electron chi connectivity index (χ0n) is 15.1. The first-order valence-electron chi connectivity index (χ1n) is 8.77. The van der Waals surface area contributed by atoms with Crippen molar-refractivity contribution in [1.82, 2.24) is 13.5 Å². The standard InChI is InChI=1S/C17H25N3O5S/c1-14-12-20(13-15(2)25-14)26(22,23)19-9-7-18(8-10-19)17(21)6-5-16-4-3-11-24-16/h3-6,11,14-15H,7-10,12-13H2,1-2H3. The van der Waals surface area contributed by atoms with Gasteiger partial charge < -0.3 is 14.1 Å². The molecule has 2 fully saturated rings. The number of ether oxygens (including phenoxy) is 1. The first-order chi connectivity index (χ1) is 12.4. The van der Waals surface area contributed by atoms with Crippen LogP contribution in [0, 0.1) is 0 Å². The number of hydrogen-bond acceptors (Lipinski definition) is 5. The van der Waals surface area contributed by atoms with Crippen LogP contribution in [-0.4, -0.2) is 79.3 Å². The Hall–Kier alpha value is -1.68. The van der Waals surface area contributed by atoms with Gasteiger partial charge in [-0.3, -0.25) is 4.79 Å². The van der Waals surface area contributed by atoms with Crippen molar-refractivity contribution in [3.63, 3.8) is 0 Å². The molecule has 0 aromatic carbocycles. The van der Waals surface area contributed by atoms with Crippen molar-refractivity contribution in [2.24, 2.45) is 0 Å². The summed E-state index contributed by atoms with van der Waals surface area (Å²) in [5.41, 5.74) is 0. The zero-order valence-corrected chi connectivity index (χ0v) is 15.9. The molecule has 2 unspecified atom stereocenters. The van der Waals surface area contributed by atoms with Crippen molar-refractivity contribution in [3.05, 3.63) is 30.2 Å². The minimum Gasteiger partial charge on any atom is -0.465 e. The molecule has 2 atom stereocenters. The average Bonchev–Trinajstić information content (AvgIpc) is 3.12. The van der Waals surface area contributed by atoms with E-state index in [4.69, 9.17) is 9.15 Å². The minimum atomic E-state index is -3.53. The van der Waals surface area contributed by atoms with Crippen LogP contribution in [0.1, 0.15) is 19.6 Å². The van der Waals surface area contributed by atoms with Gasteiger partial charge in [-0.25, -0.2) is 0 Å². The topological polar surface area (TPSA) is 83.3 Å². The van der Waals surface area contributed by atoms with E-state index < -0.39 is 10.2 Å². The van der Waals surface area contributed by atoms with E-state index in [1.54, 1.807) is 29.4 Å². The highest BCUT2D eigenvalue weighted by atomic mass is 32.2. The van der Waals surface area contributed by atoms with Crippen LogP contribution in [0.2, 0.25) is 0 Å². The van der Waals surface area contributed by atoms with Crippen molar-refractivity contribution in [2.75, 3.05) is 39.3 Å². The molecule has 0 radical (unpaired) electrons. The van der Waals surface area contributed by atoms with E-state index in [-0.39, 0.29) is 18.1 Å². The summed E-state index contributed by atoms with van der Waals surface area (Å²) in [6, 6.07) is 3.51. The molecule has 1 amide bonds. The van der Waals surface area contributed by atoms with E-state index in [0.717, 1.165) is 0 Å². The maximum atomic E-state index is 12.9. The first kappa shape index (κ1) is 19.1. The Bertz CT molecular complexity index is 728. The molecular weight excluding hydrogens is 358 g/mol. The number of carbonyl (C=O) groups is 1. The molecule has 0 N–H and O–H groups in total. The first-order valence-corrected chi connectivity index (χ1v) is 10.2. The number of hydrogen-bond donors (Lipinski definition) is 0. The number of nitrogens with zero attached hydrogens (tertiary/aromatic N) is 3. The maximum absolute atomic E-state index is 12.9. The van der Waals surface area contributed by atoms with Crippen LogP contribution >= 0.6 is 0 Å². The van der Waals surface area contributed by atoms with Gasteiger partial charge in [-0.05, 0) is 32.1 Å². The maximum Gasteiger partial charge on any atom is 0.282 e. The third-order valence-electron chi connectivity index (χ3n) is 4.52. The predicted octanol–water partition coefficient (Wildman–Crippen LogP) is 0.791. The van der Waals surface area contributed by atoms with Crippen LogP contribution in [0.5, 0.6) is 0 Å². The van der Waals surface area contributed by atoms with E-state index in [2.05, 4.69) is 0 Å². The Kier molecular flexibility index (Phi) is 5.81. The van der Waals surface area contributed by atoms with Gasteiger partial charge in [0.25, 0.3) is 10.2 Å². The van der Waals surface area contributed by atoms with Crippen molar-refractivity contribution in [3.8, 4) is 0 Å². The molecule has 2 saturated heterocycles. The quantitative estimate of drug-likeness (QED) is 0.718. The van der Waals surface area contributed by atoms with E-state index in [0.29, 0.717) is 45.0 Å². The summed E-state index contributed by atoms with van der Waals surface area (Å²) in [5.74, 6) is 0.460. The fourth-order valence-electron chi connectivity index (χ4n) is 3.27. The number of carbonyl (C=O) groups excluding carboxylic acids is 1. The second kappa shape index (κ2) is 7.91. The van der Waals surface area contributed by atoms with Gasteiger partial charge in [0.15, 0.2) is 0 Å². The molecule has 8 nitrogen and oxygen atoms in total. The molecule has 1 aromatic heterocycles. The molecule has 3 heterocycles. The van der Waals surface area contributed by atoms with Gasteiger partial charge in [-0.2, -0.15) is 17.0 Å². The summed E-state index contributed by atoms with van der Waals surface area (Å²) in [4.78, 5) is 13.9. The second-order valence-corrected chi connectivity index (χ2v) is 8.58. The molecule has 3 rings (SSSR count). The predicted molar refractivity (Wildman–Crippen MR) is 96.4 cm³/mol. The highest BCUT2D eigenvalue weighted by molar-refractivity contribution is 7.86. The lowest BCUT2D eigenvalue weighted by molar-refractivity contribution is -0.127. The van der Waals surface area contributed by atoms with Crippen LogP contribution in [0.3, 0.4) is 0 Å². The molecule has 0 saturated carbocycles. The summed E-state index contributed by atoms with van der Waals surface area (Å²) in [6.45, 7) is 5.80.